The van der Waals surface area contributed by atoms with E-state index in [1.165, 1.54) is 12.3 Å². The Hall–Kier alpha value is -2.73. The number of carbonyl (C=O) groups is 1. The second-order valence-electron chi connectivity index (χ2n) is 7.23. The minimum atomic E-state index is -0.326. The molecule has 0 aliphatic carbocycles. The Labute approximate surface area is 163 Å². The standard InChI is InChI=1S/C22H24FN3O2/c1-28-12-10-19-7-2-3-11-25(19)22(27)17-6-4-5-16(13-17)20-14-24-21-9-8-18(23)15-26(20)21/h4-6,8-9,13-15,19H,2-3,7,10-12H2,1H3/t19-/m0/s1. The van der Waals surface area contributed by atoms with Crippen LogP contribution in [-0.2, 0) is 4.74 Å². The SMILES string of the molecule is COCC[C@@H]1CCCCN1C(=O)c1cccc(-c2cnc3ccc(F)cn23)c1. The van der Waals surface area contributed by atoms with Crippen LogP contribution in [0.4, 0.5) is 4.39 Å². The first kappa shape index (κ1) is 18.6. The van der Waals surface area contributed by atoms with Gasteiger partial charge < -0.3 is 9.64 Å². The first-order valence-electron chi connectivity index (χ1n) is 9.70. The molecule has 2 aromatic heterocycles. The quantitative estimate of drug-likeness (QED) is 0.666. The highest BCUT2D eigenvalue weighted by atomic mass is 19.1. The van der Waals surface area contributed by atoms with Crippen molar-refractivity contribution in [1.29, 1.82) is 0 Å². The fourth-order valence-corrected chi connectivity index (χ4v) is 3.97. The minimum absolute atomic E-state index is 0.0441. The molecule has 4 rings (SSSR count). The van der Waals surface area contributed by atoms with Crippen LogP contribution in [-0.4, -0.2) is 46.5 Å². The van der Waals surface area contributed by atoms with Gasteiger partial charge in [-0.05, 0) is 49.9 Å². The lowest BCUT2D eigenvalue weighted by molar-refractivity contribution is 0.0553. The number of halogens is 1. The van der Waals surface area contributed by atoms with Crippen molar-refractivity contribution in [3.8, 4) is 11.3 Å². The number of likely N-dealkylation sites (tertiary alicyclic amines) is 1. The van der Waals surface area contributed by atoms with Crippen molar-refractivity contribution in [1.82, 2.24) is 14.3 Å². The van der Waals surface area contributed by atoms with Gasteiger partial charge in [-0.1, -0.05) is 12.1 Å². The van der Waals surface area contributed by atoms with E-state index in [4.69, 9.17) is 4.74 Å². The molecule has 3 heterocycles. The number of piperidine rings is 1. The fraction of sp³-hybridized carbons (Fsp3) is 0.364. The Morgan fingerprint density at radius 2 is 2.18 bits per heavy atom. The predicted octanol–water partition coefficient (Wildman–Crippen LogP) is 4.17. The molecule has 0 spiro atoms. The molecule has 146 valence electrons. The summed E-state index contributed by atoms with van der Waals surface area (Å²) in [4.78, 5) is 19.5. The maximum Gasteiger partial charge on any atom is 0.254 e. The van der Waals surface area contributed by atoms with Crippen molar-refractivity contribution in [2.75, 3.05) is 20.3 Å². The second kappa shape index (κ2) is 8.10. The van der Waals surface area contributed by atoms with Crippen molar-refractivity contribution < 1.29 is 13.9 Å². The van der Waals surface area contributed by atoms with E-state index in [0.29, 0.717) is 17.8 Å². The van der Waals surface area contributed by atoms with Crippen molar-refractivity contribution in [2.45, 2.75) is 31.7 Å². The highest BCUT2D eigenvalue weighted by molar-refractivity contribution is 5.95. The Morgan fingerprint density at radius 1 is 1.29 bits per heavy atom. The summed E-state index contributed by atoms with van der Waals surface area (Å²) in [6.45, 7) is 1.43. The predicted molar refractivity (Wildman–Crippen MR) is 106 cm³/mol. The van der Waals surface area contributed by atoms with E-state index in [0.717, 1.165) is 43.5 Å². The molecule has 0 N–H and O–H groups in total. The average molecular weight is 381 g/mol. The number of amides is 1. The Balaban J connectivity index is 1.64. The molecule has 1 amide bonds. The van der Waals surface area contributed by atoms with E-state index in [1.54, 1.807) is 23.8 Å². The van der Waals surface area contributed by atoms with Gasteiger partial charge in [-0.2, -0.15) is 0 Å². The van der Waals surface area contributed by atoms with Crippen LogP contribution in [0, 0.1) is 5.82 Å². The third kappa shape index (κ3) is 3.64. The van der Waals surface area contributed by atoms with Gasteiger partial charge in [-0.15, -0.1) is 0 Å². The van der Waals surface area contributed by atoms with Gasteiger partial charge in [-0.3, -0.25) is 9.20 Å². The third-order valence-corrected chi connectivity index (χ3v) is 5.42. The van der Waals surface area contributed by atoms with Crippen LogP contribution in [0.5, 0.6) is 0 Å². The largest absolute Gasteiger partial charge is 0.385 e. The number of pyridine rings is 1. The van der Waals surface area contributed by atoms with E-state index in [-0.39, 0.29) is 17.8 Å². The maximum absolute atomic E-state index is 13.7. The summed E-state index contributed by atoms with van der Waals surface area (Å²) in [7, 11) is 1.69. The van der Waals surface area contributed by atoms with Crippen molar-refractivity contribution >= 4 is 11.6 Å². The number of carbonyl (C=O) groups excluding carboxylic acids is 1. The zero-order valence-corrected chi connectivity index (χ0v) is 16.0. The number of hydrogen-bond donors (Lipinski definition) is 0. The van der Waals surface area contributed by atoms with Gasteiger partial charge >= 0.3 is 0 Å². The average Bonchev–Trinajstić information content (AvgIpc) is 3.15. The molecule has 1 fully saturated rings. The third-order valence-electron chi connectivity index (χ3n) is 5.42. The van der Waals surface area contributed by atoms with Crippen LogP contribution in [0.1, 0.15) is 36.0 Å². The molecule has 0 unspecified atom stereocenters. The number of imidazole rings is 1. The monoisotopic (exact) mass is 381 g/mol. The topological polar surface area (TPSA) is 46.8 Å². The highest BCUT2D eigenvalue weighted by Crippen LogP contribution is 2.26. The number of hydrogen-bond acceptors (Lipinski definition) is 3. The molecule has 0 saturated carbocycles. The molecule has 5 nitrogen and oxygen atoms in total. The lowest BCUT2D eigenvalue weighted by atomic mass is 9.98. The second-order valence-corrected chi connectivity index (χ2v) is 7.23. The van der Waals surface area contributed by atoms with Gasteiger partial charge in [0.1, 0.15) is 11.5 Å². The Kier molecular flexibility index (Phi) is 5.39. The number of benzene rings is 1. The van der Waals surface area contributed by atoms with E-state index in [9.17, 15) is 9.18 Å². The van der Waals surface area contributed by atoms with Gasteiger partial charge in [0.2, 0.25) is 0 Å². The summed E-state index contributed by atoms with van der Waals surface area (Å²) in [5.41, 5.74) is 2.92. The van der Waals surface area contributed by atoms with Crippen molar-refractivity contribution in [3.63, 3.8) is 0 Å². The molecule has 0 radical (unpaired) electrons. The number of fused-ring (bicyclic) bond motifs is 1. The van der Waals surface area contributed by atoms with E-state index in [2.05, 4.69) is 4.98 Å². The van der Waals surface area contributed by atoms with E-state index >= 15 is 0 Å². The van der Waals surface area contributed by atoms with Gasteiger partial charge in [0.05, 0.1) is 11.9 Å². The van der Waals surface area contributed by atoms with Gasteiger partial charge in [0.25, 0.3) is 5.91 Å². The zero-order valence-electron chi connectivity index (χ0n) is 16.0. The molecular weight excluding hydrogens is 357 g/mol. The summed E-state index contributed by atoms with van der Waals surface area (Å²) in [6.07, 6.45) is 7.17. The summed E-state index contributed by atoms with van der Waals surface area (Å²) >= 11 is 0. The van der Waals surface area contributed by atoms with Crippen molar-refractivity contribution in [3.05, 3.63) is 60.2 Å². The number of rotatable bonds is 5. The molecular formula is C22H24FN3O2. The van der Waals surface area contributed by atoms with Crippen LogP contribution < -0.4 is 0 Å². The first-order valence-corrected chi connectivity index (χ1v) is 9.70. The van der Waals surface area contributed by atoms with Crippen LogP contribution in [0.3, 0.4) is 0 Å². The van der Waals surface area contributed by atoms with Gasteiger partial charge in [0.15, 0.2) is 0 Å². The van der Waals surface area contributed by atoms with Crippen LogP contribution in [0.25, 0.3) is 16.9 Å². The van der Waals surface area contributed by atoms with Crippen LogP contribution in [0.2, 0.25) is 0 Å². The zero-order chi connectivity index (χ0) is 19.5. The molecule has 1 aliphatic heterocycles. The number of nitrogens with zero attached hydrogens (tertiary/aromatic N) is 3. The molecule has 1 aromatic carbocycles. The maximum atomic E-state index is 13.7. The van der Waals surface area contributed by atoms with E-state index in [1.807, 2.05) is 29.2 Å². The summed E-state index contributed by atoms with van der Waals surface area (Å²) < 4.78 is 20.6. The van der Waals surface area contributed by atoms with Crippen molar-refractivity contribution in [2.24, 2.45) is 0 Å². The Bertz CT molecular complexity index is 985. The minimum Gasteiger partial charge on any atom is -0.385 e. The summed E-state index contributed by atoms with van der Waals surface area (Å²) in [5, 5.41) is 0. The summed E-state index contributed by atoms with van der Waals surface area (Å²) in [6, 6.07) is 10.8. The molecule has 1 aliphatic rings. The molecule has 3 aromatic rings. The molecule has 28 heavy (non-hydrogen) atoms. The molecule has 1 saturated heterocycles. The Morgan fingerprint density at radius 3 is 3.04 bits per heavy atom. The van der Waals surface area contributed by atoms with Gasteiger partial charge in [0, 0.05) is 43.6 Å². The lowest BCUT2D eigenvalue weighted by Gasteiger charge is -2.36. The van der Waals surface area contributed by atoms with Crippen LogP contribution in [0.15, 0.2) is 48.8 Å². The fourth-order valence-electron chi connectivity index (χ4n) is 3.97. The van der Waals surface area contributed by atoms with Crippen LogP contribution >= 0.6 is 0 Å². The summed E-state index contributed by atoms with van der Waals surface area (Å²) in [5.74, 6) is -0.282. The molecule has 6 heteroatoms. The molecule has 1 atom stereocenters. The smallest absolute Gasteiger partial charge is 0.254 e. The molecule has 0 bridgehead atoms. The van der Waals surface area contributed by atoms with E-state index < -0.39 is 0 Å². The lowest BCUT2D eigenvalue weighted by Crippen LogP contribution is -2.44. The normalized spacial score (nSPS) is 17.2. The van der Waals surface area contributed by atoms with Gasteiger partial charge in [-0.25, -0.2) is 9.37 Å². The number of aromatic nitrogens is 2. The number of methoxy groups -OCH3 is 1. The first-order chi connectivity index (χ1) is 13.7. The highest BCUT2D eigenvalue weighted by Gasteiger charge is 2.27. The number of ether oxygens (including phenoxy) is 1.